The quantitative estimate of drug-likeness (QED) is 0.701. The van der Waals surface area contributed by atoms with Crippen LogP contribution in [0.25, 0.3) is 10.9 Å². The van der Waals surface area contributed by atoms with Gasteiger partial charge in [-0.25, -0.2) is 0 Å². The minimum Gasteiger partial charge on any atom is -0.347 e. The lowest BCUT2D eigenvalue weighted by atomic mass is 10.1. The number of anilines is 2. The van der Waals surface area contributed by atoms with Crippen molar-refractivity contribution in [3.05, 3.63) is 60.3 Å². The molecular weight excluding hydrogens is 326 g/mol. The van der Waals surface area contributed by atoms with E-state index in [0.717, 1.165) is 23.2 Å². The van der Waals surface area contributed by atoms with Crippen molar-refractivity contribution >= 4 is 34.1 Å². The van der Waals surface area contributed by atoms with Crippen molar-refractivity contribution in [1.29, 1.82) is 0 Å². The molecule has 0 unspecified atom stereocenters. The number of para-hydroxylation sites is 1. The summed E-state index contributed by atoms with van der Waals surface area (Å²) in [6, 6.07) is 15.8. The molecule has 1 aromatic heterocycles. The topological polar surface area (TPSA) is 63.1 Å². The molecule has 134 valence electrons. The second-order valence-electron chi connectivity index (χ2n) is 6.27. The Kier molecular flexibility index (Phi) is 5.37. The molecule has 0 atom stereocenters. The highest BCUT2D eigenvalue weighted by Gasteiger charge is 2.09. The molecular formula is C21H23N3O2. The molecule has 0 spiro atoms. The zero-order valence-electron chi connectivity index (χ0n) is 15.1. The number of benzene rings is 2. The number of amides is 2. The largest absolute Gasteiger partial charge is 0.347 e. The van der Waals surface area contributed by atoms with Crippen molar-refractivity contribution in [1.82, 2.24) is 4.57 Å². The molecule has 0 fully saturated rings. The van der Waals surface area contributed by atoms with Crippen LogP contribution in [0.5, 0.6) is 0 Å². The standard InChI is InChI=1S/C21H23N3O2/c1-3-16-8-9-18(22-15(2)25)14-19(16)23-21(26)11-13-24-12-10-17-6-4-5-7-20(17)24/h4-10,12,14H,3,11,13H2,1-2H3,(H,22,25)(H,23,26). The number of aromatic nitrogens is 1. The number of rotatable bonds is 6. The highest BCUT2D eigenvalue weighted by atomic mass is 16.2. The molecule has 0 saturated carbocycles. The first-order chi connectivity index (χ1) is 12.6. The van der Waals surface area contributed by atoms with E-state index in [4.69, 9.17) is 0 Å². The summed E-state index contributed by atoms with van der Waals surface area (Å²) < 4.78 is 2.09. The van der Waals surface area contributed by atoms with Crippen LogP contribution in [0.2, 0.25) is 0 Å². The summed E-state index contributed by atoms with van der Waals surface area (Å²) in [5.74, 6) is -0.177. The highest BCUT2D eigenvalue weighted by molar-refractivity contribution is 5.94. The number of hydrogen-bond acceptors (Lipinski definition) is 2. The molecule has 5 nitrogen and oxygen atoms in total. The van der Waals surface area contributed by atoms with Gasteiger partial charge in [-0.2, -0.15) is 0 Å². The van der Waals surface area contributed by atoms with Gasteiger partial charge in [-0.15, -0.1) is 0 Å². The van der Waals surface area contributed by atoms with Gasteiger partial charge in [-0.3, -0.25) is 9.59 Å². The van der Waals surface area contributed by atoms with E-state index in [0.29, 0.717) is 18.7 Å². The van der Waals surface area contributed by atoms with Crippen LogP contribution in [0.1, 0.15) is 25.8 Å². The minimum atomic E-state index is -0.133. The molecule has 3 rings (SSSR count). The number of aryl methyl sites for hydroxylation is 2. The Balaban J connectivity index is 1.68. The summed E-state index contributed by atoms with van der Waals surface area (Å²) in [5.41, 5.74) is 3.60. The van der Waals surface area contributed by atoms with Crippen molar-refractivity contribution in [2.24, 2.45) is 0 Å². The van der Waals surface area contributed by atoms with E-state index >= 15 is 0 Å². The fraction of sp³-hybridized carbons (Fsp3) is 0.238. The van der Waals surface area contributed by atoms with Gasteiger partial charge >= 0.3 is 0 Å². The minimum absolute atomic E-state index is 0.0440. The third-order valence-electron chi connectivity index (χ3n) is 4.35. The van der Waals surface area contributed by atoms with Crippen LogP contribution in [0.3, 0.4) is 0 Å². The van der Waals surface area contributed by atoms with Gasteiger partial charge in [-0.1, -0.05) is 31.2 Å². The van der Waals surface area contributed by atoms with E-state index in [2.05, 4.69) is 33.4 Å². The molecule has 2 N–H and O–H groups in total. The first-order valence-electron chi connectivity index (χ1n) is 8.81. The fourth-order valence-electron chi connectivity index (χ4n) is 3.05. The van der Waals surface area contributed by atoms with Gasteiger partial charge in [0.2, 0.25) is 11.8 Å². The summed E-state index contributed by atoms with van der Waals surface area (Å²) in [7, 11) is 0. The molecule has 1 heterocycles. The van der Waals surface area contributed by atoms with Crippen LogP contribution in [0, 0.1) is 0 Å². The van der Waals surface area contributed by atoms with Crippen molar-refractivity contribution in [3.63, 3.8) is 0 Å². The maximum absolute atomic E-state index is 12.4. The Hall–Kier alpha value is -3.08. The SMILES string of the molecule is CCc1ccc(NC(C)=O)cc1NC(=O)CCn1ccc2ccccc21. The Morgan fingerprint density at radius 2 is 1.85 bits per heavy atom. The molecule has 0 bridgehead atoms. The highest BCUT2D eigenvalue weighted by Crippen LogP contribution is 2.22. The van der Waals surface area contributed by atoms with Crippen LogP contribution in [-0.2, 0) is 22.6 Å². The average Bonchev–Trinajstić information content (AvgIpc) is 3.03. The Bertz CT molecular complexity index is 943. The van der Waals surface area contributed by atoms with Gasteiger partial charge < -0.3 is 15.2 Å². The van der Waals surface area contributed by atoms with E-state index < -0.39 is 0 Å². The summed E-state index contributed by atoms with van der Waals surface area (Å²) in [4.78, 5) is 23.7. The molecule has 0 radical (unpaired) electrons. The van der Waals surface area contributed by atoms with E-state index in [1.54, 1.807) is 0 Å². The van der Waals surface area contributed by atoms with Gasteiger partial charge in [0.15, 0.2) is 0 Å². The van der Waals surface area contributed by atoms with Crippen LogP contribution < -0.4 is 10.6 Å². The molecule has 2 amide bonds. The molecule has 3 aromatic rings. The summed E-state index contributed by atoms with van der Waals surface area (Å²) in [6.45, 7) is 4.12. The summed E-state index contributed by atoms with van der Waals surface area (Å²) >= 11 is 0. The van der Waals surface area contributed by atoms with Gasteiger partial charge in [0.05, 0.1) is 0 Å². The lowest BCUT2D eigenvalue weighted by Crippen LogP contribution is -2.16. The lowest BCUT2D eigenvalue weighted by molar-refractivity contribution is -0.116. The second kappa shape index (κ2) is 7.87. The molecule has 5 heteroatoms. The average molecular weight is 349 g/mol. The van der Waals surface area contributed by atoms with Gasteiger partial charge in [0.1, 0.15) is 0 Å². The molecule has 0 saturated heterocycles. The zero-order valence-corrected chi connectivity index (χ0v) is 15.1. The van der Waals surface area contributed by atoms with Crippen LogP contribution in [0.15, 0.2) is 54.7 Å². The van der Waals surface area contributed by atoms with Gasteiger partial charge in [0, 0.05) is 43.0 Å². The first kappa shape index (κ1) is 17.7. The summed E-state index contributed by atoms with van der Waals surface area (Å²) in [5, 5.41) is 6.90. The van der Waals surface area contributed by atoms with E-state index in [9.17, 15) is 9.59 Å². The van der Waals surface area contributed by atoms with Gasteiger partial charge in [-0.05, 0) is 41.6 Å². The van der Waals surface area contributed by atoms with Gasteiger partial charge in [0.25, 0.3) is 0 Å². The monoisotopic (exact) mass is 349 g/mol. The van der Waals surface area contributed by atoms with Crippen LogP contribution in [0.4, 0.5) is 11.4 Å². The predicted octanol–water partition coefficient (Wildman–Crippen LogP) is 4.19. The van der Waals surface area contributed by atoms with E-state index in [1.165, 1.54) is 12.3 Å². The van der Waals surface area contributed by atoms with Crippen molar-refractivity contribution in [3.8, 4) is 0 Å². The Morgan fingerprint density at radius 3 is 2.62 bits per heavy atom. The number of carbonyl (C=O) groups is 2. The lowest BCUT2D eigenvalue weighted by Gasteiger charge is -2.13. The zero-order chi connectivity index (χ0) is 18.5. The van der Waals surface area contributed by atoms with Crippen molar-refractivity contribution < 1.29 is 9.59 Å². The second-order valence-corrected chi connectivity index (χ2v) is 6.27. The number of hydrogen-bond donors (Lipinski definition) is 2. The molecule has 26 heavy (non-hydrogen) atoms. The molecule has 0 aliphatic rings. The Labute approximate surface area is 153 Å². The maximum Gasteiger partial charge on any atom is 0.226 e. The molecule has 0 aliphatic carbocycles. The fourth-order valence-corrected chi connectivity index (χ4v) is 3.05. The van der Waals surface area contributed by atoms with E-state index in [1.807, 2.05) is 43.5 Å². The van der Waals surface area contributed by atoms with Crippen molar-refractivity contribution in [2.75, 3.05) is 10.6 Å². The molecule has 0 aliphatic heterocycles. The number of carbonyl (C=O) groups excluding carboxylic acids is 2. The maximum atomic E-state index is 12.4. The van der Waals surface area contributed by atoms with E-state index in [-0.39, 0.29) is 11.8 Å². The first-order valence-corrected chi connectivity index (χ1v) is 8.81. The number of fused-ring (bicyclic) bond motifs is 1. The predicted molar refractivity (Wildman–Crippen MR) is 105 cm³/mol. The third-order valence-corrected chi connectivity index (χ3v) is 4.35. The third kappa shape index (κ3) is 4.11. The summed E-state index contributed by atoms with van der Waals surface area (Å²) in [6.07, 6.45) is 3.19. The normalized spacial score (nSPS) is 10.7. The van der Waals surface area contributed by atoms with Crippen molar-refractivity contribution in [2.45, 2.75) is 33.2 Å². The Morgan fingerprint density at radius 1 is 1.04 bits per heavy atom. The number of nitrogens with zero attached hydrogens (tertiary/aromatic N) is 1. The smallest absolute Gasteiger partial charge is 0.226 e. The van der Waals surface area contributed by atoms with Crippen LogP contribution >= 0.6 is 0 Å². The number of nitrogens with one attached hydrogen (secondary N) is 2. The molecule has 2 aromatic carbocycles. The van der Waals surface area contributed by atoms with Crippen LogP contribution in [-0.4, -0.2) is 16.4 Å².